The topological polar surface area (TPSA) is 54.5 Å². The first kappa shape index (κ1) is 31.0. The molecule has 1 atom stereocenters. The molecular weight excluding hydrogens is 583 g/mol. The minimum Gasteiger partial charge on any atom is -0.497 e. The second-order valence-corrected chi connectivity index (χ2v) is 11.4. The molecule has 226 valence electrons. The molecule has 0 aliphatic rings. The lowest BCUT2D eigenvalue weighted by Crippen LogP contribution is -2.30. The summed E-state index contributed by atoms with van der Waals surface area (Å²) in [5.74, 6) is 0.437. The van der Waals surface area contributed by atoms with Crippen molar-refractivity contribution < 1.29 is 22.7 Å². The molecule has 0 bridgehead atoms. The number of aromatic nitrogens is 1. The summed E-state index contributed by atoms with van der Waals surface area (Å²) in [6.07, 6.45) is -3.80. The van der Waals surface area contributed by atoms with Crippen LogP contribution in [0.25, 0.3) is 0 Å². The summed E-state index contributed by atoms with van der Waals surface area (Å²) < 4.78 is 45.5. The summed E-state index contributed by atoms with van der Waals surface area (Å²) in [6, 6.07) is 32.5. The SMILES string of the molecule is COc1ccc(CN(Cc2cccc(C(F)(F)F)c2)Cc2nc(C(=O)NC(Cc3ccccc3)c3ccccc3)cs2)cc1. The van der Waals surface area contributed by atoms with Gasteiger partial charge < -0.3 is 10.1 Å². The van der Waals surface area contributed by atoms with Crippen LogP contribution in [0.15, 0.2) is 115 Å². The van der Waals surface area contributed by atoms with Crippen LogP contribution in [0.3, 0.4) is 0 Å². The van der Waals surface area contributed by atoms with E-state index >= 15 is 0 Å². The van der Waals surface area contributed by atoms with Gasteiger partial charge in [-0.25, -0.2) is 4.98 Å². The monoisotopic (exact) mass is 615 g/mol. The van der Waals surface area contributed by atoms with E-state index in [4.69, 9.17) is 4.74 Å². The highest BCUT2D eigenvalue weighted by Gasteiger charge is 2.30. The molecule has 5 nitrogen and oxygen atoms in total. The largest absolute Gasteiger partial charge is 0.497 e. The first-order valence-electron chi connectivity index (χ1n) is 14.1. The lowest BCUT2D eigenvalue weighted by Gasteiger charge is -2.22. The number of nitrogens with zero attached hydrogens (tertiary/aromatic N) is 2. The Morgan fingerprint density at radius 3 is 2.18 bits per heavy atom. The Kier molecular flexibility index (Phi) is 10.1. The molecule has 1 heterocycles. The molecule has 1 N–H and O–H groups in total. The zero-order valence-electron chi connectivity index (χ0n) is 24.1. The van der Waals surface area contributed by atoms with Gasteiger partial charge in [0.1, 0.15) is 16.5 Å². The summed E-state index contributed by atoms with van der Waals surface area (Å²) in [4.78, 5) is 20.0. The average Bonchev–Trinajstić information content (AvgIpc) is 3.50. The third-order valence-corrected chi connectivity index (χ3v) is 7.99. The van der Waals surface area contributed by atoms with Crippen molar-refractivity contribution in [2.75, 3.05) is 7.11 Å². The van der Waals surface area contributed by atoms with E-state index < -0.39 is 11.7 Å². The first-order valence-corrected chi connectivity index (χ1v) is 15.0. The average molecular weight is 616 g/mol. The van der Waals surface area contributed by atoms with Gasteiger partial charge in [-0.3, -0.25) is 9.69 Å². The Labute approximate surface area is 259 Å². The van der Waals surface area contributed by atoms with Gasteiger partial charge in [-0.05, 0) is 46.9 Å². The number of rotatable bonds is 12. The minimum absolute atomic E-state index is 0.247. The molecule has 0 radical (unpaired) electrons. The quantitative estimate of drug-likeness (QED) is 0.154. The molecule has 0 saturated carbocycles. The molecule has 0 aliphatic carbocycles. The number of methoxy groups -OCH3 is 1. The number of hydrogen-bond donors (Lipinski definition) is 1. The zero-order chi connectivity index (χ0) is 30.9. The van der Waals surface area contributed by atoms with Crippen molar-refractivity contribution in [2.24, 2.45) is 0 Å². The minimum atomic E-state index is -4.42. The van der Waals surface area contributed by atoms with E-state index in [2.05, 4.69) is 10.3 Å². The fraction of sp³-hybridized carbons (Fsp3) is 0.200. The molecule has 0 aliphatic heterocycles. The predicted octanol–water partition coefficient (Wildman–Crippen LogP) is 8.09. The Hall–Kier alpha value is -4.47. The summed E-state index contributed by atoms with van der Waals surface area (Å²) in [6.45, 7) is 1.09. The number of hydrogen-bond acceptors (Lipinski definition) is 5. The van der Waals surface area contributed by atoms with Crippen LogP contribution >= 0.6 is 11.3 Å². The first-order chi connectivity index (χ1) is 21.3. The number of halogens is 3. The van der Waals surface area contributed by atoms with Gasteiger partial charge in [0.05, 0.1) is 25.3 Å². The Bertz CT molecular complexity index is 1640. The second kappa shape index (κ2) is 14.3. The van der Waals surface area contributed by atoms with E-state index in [1.807, 2.05) is 89.8 Å². The van der Waals surface area contributed by atoms with E-state index in [0.717, 1.165) is 28.5 Å². The van der Waals surface area contributed by atoms with E-state index in [-0.39, 0.29) is 18.5 Å². The Balaban J connectivity index is 1.33. The lowest BCUT2D eigenvalue weighted by molar-refractivity contribution is -0.137. The summed E-state index contributed by atoms with van der Waals surface area (Å²) in [5, 5.41) is 5.57. The number of thiazole rings is 1. The zero-order valence-corrected chi connectivity index (χ0v) is 24.9. The predicted molar refractivity (Wildman–Crippen MR) is 166 cm³/mol. The van der Waals surface area contributed by atoms with E-state index in [1.54, 1.807) is 18.6 Å². The van der Waals surface area contributed by atoms with Gasteiger partial charge in [0.25, 0.3) is 5.91 Å². The molecule has 5 aromatic rings. The Morgan fingerprint density at radius 1 is 0.841 bits per heavy atom. The highest BCUT2D eigenvalue weighted by Crippen LogP contribution is 2.30. The number of carbonyl (C=O) groups excluding carboxylic acids is 1. The van der Waals surface area contributed by atoms with Crippen molar-refractivity contribution in [3.8, 4) is 5.75 Å². The summed E-state index contributed by atoms with van der Waals surface area (Å²) in [7, 11) is 1.59. The van der Waals surface area contributed by atoms with E-state index in [0.29, 0.717) is 35.8 Å². The highest BCUT2D eigenvalue weighted by atomic mass is 32.1. The normalized spacial score (nSPS) is 12.2. The van der Waals surface area contributed by atoms with Crippen molar-refractivity contribution in [3.05, 3.63) is 153 Å². The van der Waals surface area contributed by atoms with Gasteiger partial charge in [-0.2, -0.15) is 13.2 Å². The molecule has 0 fully saturated rings. The maximum atomic E-state index is 13.4. The van der Waals surface area contributed by atoms with Gasteiger partial charge >= 0.3 is 6.18 Å². The molecule has 44 heavy (non-hydrogen) atoms. The molecule has 4 aromatic carbocycles. The van der Waals surface area contributed by atoms with Crippen LogP contribution < -0.4 is 10.1 Å². The van der Waals surface area contributed by atoms with Gasteiger partial charge in [0, 0.05) is 18.5 Å². The summed E-state index contributed by atoms with van der Waals surface area (Å²) in [5.41, 5.74) is 3.23. The second-order valence-electron chi connectivity index (χ2n) is 10.4. The van der Waals surface area contributed by atoms with E-state index in [1.165, 1.54) is 23.5 Å². The maximum absolute atomic E-state index is 13.4. The number of ether oxygens (including phenoxy) is 1. The van der Waals surface area contributed by atoms with Crippen LogP contribution in [0.2, 0.25) is 0 Å². The highest BCUT2D eigenvalue weighted by molar-refractivity contribution is 7.09. The van der Waals surface area contributed by atoms with Crippen molar-refractivity contribution in [1.82, 2.24) is 15.2 Å². The van der Waals surface area contributed by atoms with E-state index in [9.17, 15) is 18.0 Å². The van der Waals surface area contributed by atoms with Gasteiger partial charge in [-0.15, -0.1) is 11.3 Å². The molecule has 0 saturated heterocycles. The molecule has 1 aromatic heterocycles. The summed E-state index contributed by atoms with van der Waals surface area (Å²) >= 11 is 1.35. The number of nitrogens with one attached hydrogen (secondary N) is 1. The molecule has 9 heteroatoms. The molecule has 1 unspecified atom stereocenters. The maximum Gasteiger partial charge on any atom is 0.416 e. The van der Waals surface area contributed by atoms with Crippen molar-refractivity contribution in [3.63, 3.8) is 0 Å². The van der Waals surface area contributed by atoms with Crippen molar-refractivity contribution >= 4 is 17.2 Å². The van der Waals surface area contributed by atoms with Crippen LogP contribution in [0, 0.1) is 0 Å². The molecular formula is C35H32F3N3O2S. The number of alkyl halides is 3. The van der Waals surface area contributed by atoms with Gasteiger partial charge in [-0.1, -0.05) is 91.0 Å². The molecule has 1 amide bonds. The van der Waals surface area contributed by atoms with Crippen molar-refractivity contribution in [1.29, 1.82) is 0 Å². The smallest absolute Gasteiger partial charge is 0.416 e. The third-order valence-electron chi connectivity index (χ3n) is 7.16. The number of carbonyl (C=O) groups is 1. The van der Waals surface area contributed by atoms with Crippen LogP contribution in [-0.4, -0.2) is 22.9 Å². The van der Waals surface area contributed by atoms with Crippen LogP contribution in [0.4, 0.5) is 13.2 Å². The van der Waals surface area contributed by atoms with Crippen molar-refractivity contribution in [2.45, 2.75) is 38.3 Å². The van der Waals surface area contributed by atoms with Gasteiger partial charge in [0.15, 0.2) is 0 Å². The molecule has 5 rings (SSSR count). The number of amides is 1. The fourth-order valence-electron chi connectivity index (χ4n) is 4.96. The third kappa shape index (κ3) is 8.55. The van der Waals surface area contributed by atoms with Gasteiger partial charge in [0.2, 0.25) is 0 Å². The number of benzene rings is 4. The van der Waals surface area contributed by atoms with Crippen LogP contribution in [0.5, 0.6) is 5.75 Å². The lowest BCUT2D eigenvalue weighted by atomic mass is 9.99. The van der Waals surface area contributed by atoms with Crippen LogP contribution in [-0.2, 0) is 32.2 Å². The van der Waals surface area contributed by atoms with Crippen LogP contribution in [0.1, 0.15) is 49.4 Å². The standard InChI is InChI=1S/C35H32F3N3O2S/c1-43-30-17-15-26(16-18-30)21-41(22-27-11-8-14-29(19-27)35(36,37)38)23-33-39-32(24-44-33)34(42)40-31(28-12-6-3-7-13-28)20-25-9-4-2-5-10-25/h2-19,24,31H,20-23H2,1H3,(H,40,42). The molecule has 0 spiro atoms. The Morgan fingerprint density at radius 2 is 1.50 bits per heavy atom. The fourth-order valence-corrected chi connectivity index (χ4v) is 5.78.